The summed E-state index contributed by atoms with van der Waals surface area (Å²) in [7, 11) is 0. The highest BCUT2D eigenvalue weighted by Crippen LogP contribution is 2.39. The summed E-state index contributed by atoms with van der Waals surface area (Å²) in [6.07, 6.45) is 0.0608. The van der Waals surface area contributed by atoms with Crippen LogP contribution in [0.15, 0.2) is 72.8 Å². The van der Waals surface area contributed by atoms with E-state index in [0.717, 1.165) is 16.7 Å². The minimum Gasteiger partial charge on any atom is -0.493 e. The highest BCUT2D eigenvalue weighted by atomic mass is 16.5. The van der Waals surface area contributed by atoms with E-state index in [-0.39, 0.29) is 17.4 Å². The highest BCUT2D eigenvalue weighted by molar-refractivity contribution is 5.99. The average molecular weight is 446 g/mol. The lowest BCUT2D eigenvalue weighted by Crippen LogP contribution is -2.35. The van der Waals surface area contributed by atoms with Crippen molar-refractivity contribution in [1.82, 2.24) is 0 Å². The Morgan fingerprint density at radius 2 is 1.79 bits per heavy atom. The molecule has 1 aliphatic heterocycles. The SMILES string of the molecule is CC(C)(C(=O)Nc1cccc(C(=O)O)c1)c1ccc2c(c1)OC[C@@H](Cc1ccccc1)[C@@H]2O. The molecule has 0 radical (unpaired) electrons. The normalized spacial score (nSPS) is 17.5. The van der Waals surface area contributed by atoms with Crippen LogP contribution in [0.2, 0.25) is 0 Å². The number of aliphatic hydroxyl groups excluding tert-OH is 1. The van der Waals surface area contributed by atoms with Crippen molar-refractivity contribution in [3.63, 3.8) is 0 Å². The van der Waals surface area contributed by atoms with E-state index in [1.165, 1.54) is 12.1 Å². The zero-order valence-corrected chi connectivity index (χ0v) is 18.6. The van der Waals surface area contributed by atoms with Gasteiger partial charge in [-0.3, -0.25) is 4.79 Å². The molecule has 3 aromatic carbocycles. The van der Waals surface area contributed by atoms with Crippen LogP contribution in [0, 0.1) is 5.92 Å². The zero-order valence-electron chi connectivity index (χ0n) is 18.6. The Bertz CT molecular complexity index is 1170. The molecule has 0 aliphatic carbocycles. The van der Waals surface area contributed by atoms with E-state index in [1.54, 1.807) is 26.0 Å². The van der Waals surface area contributed by atoms with Crippen LogP contribution in [0.5, 0.6) is 5.75 Å². The summed E-state index contributed by atoms with van der Waals surface area (Å²) in [6, 6.07) is 21.6. The molecule has 33 heavy (non-hydrogen) atoms. The maximum atomic E-state index is 13.1. The smallest absolute Gasteiger partial charge is 0.335 e. The summed E-state index contributed by atoms with van der Waals surface area (Å²) < 4.78 is 6.00. The van der Waals surface area contributed by atoms with Gasteiger partial charge in [-0.05, 0) is 55.7 Å². The second-order valence-corrected chi connectivity index (χ2v) is 8.92. The van der Waals surface area contributed by atoms with E-state index in [1.807, 2.05) is 48.5 Å². The van der Waals surface area contributed by atoms with Gasteiger partial charge >= 0.3 is 5.97 Å². The zero-order chi connectivity index (χ0) is 23.6. The van der Waals surface area contributed by atoms with Crippen molar-refractivity contribution in [3.8, 4) is 5.75 Å². The third-order valence-electron chi connectivity index (χ3n) is 6.23. The number of aromatic carboxylic acids is 1. The topological polar surface area (TPSA) is 95.9 Å². The van der Waals surface area contributed by atoms with Gasteiger partial charge in [-0.25, -0.2) is 4.79 Å². The van der Waals surface area contributed by atoms with E-state index in [0.29, 0.717) is 24.5 Å². The first-order chi connectivity index (χ1) is 15.8. The number of hydrogen-bond donors (Lipinski definition) is 3. The largest absolute Gasteiger partial charge is 0.493 e. The molecule has 0 unspecified atom stereocenters. The molecule has 4 rings (SSSR count). The Labute approximate surface area is 192 Å². The van der Waals surface area contributed by atoms with Crippen molar-refractivity contribution in [2.24, 2.45) is 5.92 Å². The molecule has 170 valence electrons. The van der Waals surface area contributed by atoms with Gasteiger partial charge in [-0.1, -0.05) is 48.5 Å². The summed E-state index contributed by atoms with van der Waals surface area (Å²) in [5, 5.41) is 22.9. The number of carbonyl (C=O) groups excluding carboxylic acids is 1. The molecule has 0 spiro atoms. The van der Waals surface area contributed by atoms with Crippen molar-refractivity contribution in [2.45, 2.75) is 31.8 Å². The maximum Gasteiger partial charge on any atom is 0.335 e. The summed E-state index contributed by atoms with van der Waals surface area (Å²) in [4.78, 5) is 24.3. The van der Waals surface area contributed by atoms with Gasteiger partial charge in [0, 0.05) is 17.2 Å². The van der Waals surface area contributed by atoms with E-state index >= 15 is 0 Å². The summed E-state index contributed by atoms with van der Waals surface area (Å²) in [5.41, 5.74) is 2.21. The predicted molar refractivity (Wildman–Crippen MR) is 126 cm³/mol. The first-order valence-corrected chi connectivity index (χ1v) is 10.9. The highest BCUT2D eigenvalue weighted by Gasteiger charge is 2.34. The van der Waals surface area contributed by atoms with Crippen LogP contribution in [0.3, 0.4) is 0 Å². The Hall–Kier alpha value is -3.64. The molecule has 3 N–H and O–H groups in total. The maximum absolute atomic E-state index is 13.1. The number of benzene rings is 3. The quantitative estimate of drug-likeness (QED) is 0.516. The van der Waals surface area contributed by atoms with Crippen LogP contribution < -0.4 is 10.1 Å². The van der Waals surface area contributed by atoms with Crippen LogP contribution in [0.4, 0.5) is 5.69 Å². The molecule has 1 amide bonds. The first kappa shape index (κ1) is 22.6. The van der Waals surface area contributed by atoms with Gasteiger partial charge in [0.15, 0.2) is 0 Å². The fraction of sp³-hybridized carbons (Fsp3) is 0.259. The molecule has 0 saturated carbocycles. The Kier molecular flexibility index (Phi) is 6.20. The van der Waals surface area contributed by atoms with Gasteiger partial charge in [0.2, 0.25) is 5.91 Å². The van der Waals surface area contributed by atoms with E-state index in [4.69, 9.17) is 9.84 Å². The molecule has 0 saturated heterocycles. The Balaban J connectivity index is 1.51. The standard InChI is InChI=1S/C27H27NO5/c1-27(2,26(32)28-21-10-6-9-18(14-21)25(30)31)20-11-12-22-23(15-20)33-16-19(24(22)29)13-17-7-4-3-5-8-17/h3-12,14-15,19,24,29H,13,16H2,1-2H3,(H,28,32)(H,30,31)/t19-,24+/m1/s1. The van der Waals surface area contributed by atoms with Crippen LogP contribution >= 0.6 is 0 Å². The van der Waals surface area contributed by atoms with Crippen molar-refractivity contribution in [2.75, 3.05) is 11.9 Å². The van der Waals surface area contributed by atoms with Crippen molar-refractivity contribution >= 4 is 17.6 Å². The van der Waals surface area contributed by atoms with E-state index < -0.39 is 17.5 Å². The van der Waals surface area contributed by atoms with Crippen molar-refractivity contribution < 1.29 is 24.5 Å². The molecule has 0 fully saturated rings. The molecule has 2 atom stereocenters. The number of carbonyl (C=O) groups is 2. The van der Waals surface area contributed by atoms with Crippen LogP contribution in [-0.4, -0.2) is 28.7 Å². The van der Waals surface area contributed by atoms with Gasteiger partial charge < -0.3 is 20.3 Å². The third kappa shape index (κ3) is 4.76. The summed E-state index contributed by atoms with van der Waals surface area (Å²) in [6.45, 7) is 3.98. The monoisotopic (exact) mass is 445 g/mol. The number of ether oxygens (including phenoxy) is 1. The minimum atomic E-state index is -1.05. The average Bonchev–Trinajstić information content (AvgIpc) is 2.81. The lowest BCUT2D eigenvalue weighted by Gasteiger charge is -2.32. The predicted octanol–water partition coefficient (Wildman–Crippen LogP) is 4.59. The fourth-order valence-electron chi connectivity index (χ4n) is 4.07. The molecule has 1 heterocycles. The molecule has 6 nitrogen and oxygen atoms in total. The molecule has 6 heteroatoms. The van der Waals surface area contributed by atoms with Crippen LogP contribution in [0.25, 0.3) is 0 Å². The second kappa shape index (κ2) is 9.08. The fourth-order valence-corrected chi connectivity index (χ4v) is 4.07. The summed E-state index contributed by atoms with van der Waals surface area (Å²) in [5.74, 6) is -0.800. The minimum absolute atomic E-state index is 0.0522. The van der Waals surface area contributed by atoms with Gasteiger partial charge in [-0.15, -0.1) is 0 Å². The molecular weight excluding hydrogens is 418 g/mol. The molecule has 1 aliphatic rings. The second-order valence-electron chi connectivity index (χ2n) is 8.92. The molecule has 0 aromatic heterocycles. The third-order valence-corrected chi connectivity index (χ3v) is 6.23. The number of anilines is 1. The van der Waals surface area contributed by atoms with Gasteiger partial charge in [0.1, 0.15) is 5.75 Å². The number of nitrogens with one attached hydrogen (secondary N) is 1. The van der Waals surface area contributed by atoms with Gasteiger partial charge in [0.25, 0.3) is 0 Å². The molecular formula is C27H27NO5. The first-order valence-electron chi connectivity index (χ1n) is 10.9. The molecule has 0 bridgehead atoms. The summed E-state index contributed by atoms with van der Waals surface area (Å²) >= 11 is 0. The van der Waals surface area contributed by atoms with E-state index in [9.17, 15) is 14.7 Å². The number of rotatable bonds is 6. The van der Waals surface area contributed by atoms with Crippen LogP contribution in [0.1, 0.15) is 47.0 Å². The number of carboxylic acids is 1. The Morgan fingerprint density at radius 3 is 2.52 bits per heavy atom. The number of amides is 1. The molecule has 3 aromatic rings. The van der Waals surface area contributed by atoms with E-state index in [2.05, 4.69) is 5.32 Å². The van der Waals surface area contributed by atoms with Gasteiger partial charge in [-0.2, -0.15) is 0 Å². The number of carboxylic acid groups (broad SMARTS) is 1. The van der Waals surface area contributed by atoms with Crippen molar-refractivity contribution in [3.05, 3.63) is 95.1 Å². The lowest BCUT2D eigenvalue weighted by atomic mass is 9.81. The Morgan fingerprint density at radius 1 is 1.03 bits per heavy atom. The van der Waals surface area contributed by atoms with Crippen LogP contribution in [-0.2, 0) is 16.6 Å². The van der Waals surface area contributed by atoms with Crippen molar-refractivity contribution in [1.29, 1.82) is 0 Å². The van der Waals surface area contributed by atoms with Gasteiger partial charge in [0.05, 0.1) is 23.7 Å². The number of fused-ring (bicyclic) bond motifs is 1. The lowest BCUT2D eigenvalue weighted by molar-refractivity contribution is -0.120. The number of hydrogen-bond acceptors (Lipinski definition) is 4. The number of aliphatic hydroxyl groups is 1.